The molecule has 3 amide bonds. The predicted molar refractivity (Wildman–Crippen MR) is 87.3 cm³/mol. The number of nitrogens with one attached hydrogen (secondary N) is 1. The highest BCUT2D eigenvalue weighted by Crippen LogP contribution is 2.33. The molecule has 1 saturated carbocycles. The third-order valence-corrected chi connectivity index (χ3v) is 4.89. The van der Waals surface area contributed by atoms with Crippen molar-refractivity contribution in [2.45, 2.75) is 50.4 Å². The smallest absolute Gasteiger partial charge is 0.416 e. The Morgan fingerprint density at radius 2 is 1.89 bits per heavy atom. The first-order valence-corrected chi connectivity index (χ1v) is 8.67. The van der Waals surface area contributed by atoms with Crippen molar-refractivity contribution in [2.24, 2.45) is 0 Å². The van der Waals surface area contributed by atoms with Gasteiger partial charge in [-0.3, -0.25) is 14.5 Å². The molecule has 6 nitrogen and oxygen atoms in total. The van der Waals surface area contributed by atoms with Crippen molar-refractivity contribution in [3.63, 3.8) is 0 Å². The zero-order valence-corrected chi connectivity index (χ0v) is 14.5. The number of imide groups is 1. The largest absolute Gasteiger partial charge is 0.459 e. The predicted octanol–water partition coefficient (Wildman–Crippen LogP) is 3.00. The minimum absolute atomic E-state index is 0.166. The van der Waals surface area contributed by atoms with Crippen molar-refractivity contribution in [1.82, 2.24) is 10.2 Å². The molecule has 1 aromatic carbocycles. The Morgan fingerprint density at radius 1 is 1.19 bits per heavy atom. The molecule has 1 aliphatic carbocycles. The summed E-state index contributed by atoms with van der Waals surface area (Å²) in [5.41, 5.74) is -1.61. The quantitative estimate of drug-likeness (QED) is 0.640. The van der Waals surface area contributed by atoms with E-state index in [0.717, 1.165) is 36.3 Å². The van der Waals surface area contributed by atoms with Crippen LogP contribution in [0.25, 0.3) is 0 Å². The van der Waals surface area contributed by atoms with Gasteiger partial charge in [0.25, 0.3) is 5.91 Å². The molecular formula is C18H19F3N2O4. The van der Waals surface area contributed by atoms with Crippen LogP contribution in [0.5, 0.6) is 0 Å². The second-order valence-electron chi connectivity index (χ2n) is 6.82. The second kappa shape index (κ2) is 7.21. The first kappa shape index (κ1) is 19.2. The SMILES string of the molecule is O=C(CN1C(=O)NC2(CCCCC2)C1=O)OCc1cccc(C(F)(F)F)c1. The standard InChI is InChI=1S/C18H19F3N2O4/c19-18(20,21)13-6-4-5-12(9-13)11-27-14(24)10-23-15(25)17(22-16(23)26)7-2-1-3-8-17/h4-6,9H,1-3,7-8,10-11H2,(H,22,26). The summed E-state index contributed by atoms with van der Waals surface area (Å²) in [6.45, 7) is -0.942. The van der Waals surface area contributed by atoms with E-state index in [-0.39, 0.29) is 12.2 Å². The van der Waals surface area contributed by atoms with Crippen LogP contribution in [0.2, 0.25) is 0 Å². The van der Waals surface area contributed by atoms with Gasteiger partial charge in [0.05, 0.1) is 5.56 Å². The highest BCUT2D eigenvalue weighted by atomic mass is 19.4. The van der Waals surface area contributed by atoms with E-state index in [9.17, 15) is 27.6 Å². The molecule has 146 valence electrons. The molecule has 2 fully saturated rings. The number of ether oxygens (including phenoxy) is 1. The maximum atomic E-state index is 12.7. The van der Waals surface area contributed by atoms with Crippen molar-refractivity contribution in [1.29, 1.82) is 0 Å². The van der Waals surface area contributed by atoms with Gasteiger partial charge in [0.1, 0.15) is 18.7 Å². The Bertz CT molecular complexity index is 757. The van der Waals surface area contributed by atoms with Gasteiger partial charge in [0, 0.05) is 0 Å². The summed E-state index contributed by atoms with van der Waals surface area (Å²) in [7, 11) is 0. The number of carbonyl (C=O) groups is 3. The van der Waals surface area contributed by atoms with Gasteiger partial charge in [0.15, 0.2) is 0 Å². The highest BCUT2D eigenvalue weighted by Gasteiger charge is 2.51. The Labute approximate surface area is 153 Å². The lowest BCUT2D eigenvalue weighted by atomic mass is 9.82. The first-order valence-electron chi connectivity index (χ1n) is 8.67. The molecule has 1 N–H and O–H groups in total. The van der Waals surface area contributed by atoms with Crippen molar-refractivity contribution in [3.8, 4) is 0 Å². The van der Waals surface area contributed by atoms with E-state index in [2.05, 4.69) is 5.32 Å². The lowest BCUT2D eigenvalue weighted by molar-refractivity contribution is -0.149. The third-order valence-electron chi connectivity index (χ3n) is 4.89. The lowest BCUT2D eigenvalue weighted by Crippen LogP contribution is -2.48. The average molecular weight is 384 g/mol. The molecule has 1 spiro atoms. The molecule has 0 radical (unpaired) electrons. The average Bonchev–Trinajstić information content (AvgIpc) is 2.84. The number of hydrogen-bond donors (Lipinski definition) is 1. The summed E-state index contributed by atoms with van der Waals surface area (Å²) in [5.74, 6) is -1.30. The minimum atomic E-state index is -4.49. The molecule has 1 saturated heterocycles. The van der Waals surface area contributed by atoms with Crippen LogP contribution in [0, 0.1) is 0 Å². The fourth-order valence-corrected chi connectivity index (χ4v) is 3.49. The zero-order valence-electron chi connectivity index (χ0n) is 14.5. The summed E-state index contributed by atoms with van der Waals surface area (Å²) in [4.78, 5) is 37.5. The van der Waals surface area contributed by atoms with E-state index >= 15 is 0 Å². The monoisotopic (exact) mass is 384 g/mol. The number of nitrogens with zero attached hydrogens (tertiary/aromatic N) is 1. The molecule has 1 aliphatic heterocycles. The Balaban J connectivity index is 1.58. The van der Waals surface area contributed by atoms with Crippen LogP contribution in [-0.2, 0) is 27.1 Å². The van der Waals surface area contributed by atoms with E-state index in [1.807, 2.05) is 0 Å². The van der Waals surface area contributed by atoms with Gasteiger partial charge in [-0.25, -0.2) is 4.79 Å². The number of rotatable bonds is 4. The van der Waals surface area contributed by atoms with Gasteiger partial charge in [-0.2, -0.15) is 13.2 Å². The van der Waals surface area contributed by atoms with Crippen LogP contribution in [0.3, 0.4) is 0 Å². The topological polar surface area (TPSA) is 75.7 Å². The van der Waals surface area contributed by atoms with Crippen molar-refractivity contribution < 1.29 is 32.3 Å². The van der Waals surface area contributed by atoms with Crippen molar-refractivity contribution in [3.05, 3.63) is 35.4 Å². The number of halogens is 3. The molecule has 1 heterocycles. The summed E-state index contributed by atoms with van der Waals surface area (Å²) in [5, 5.41) is 2.68. The van der Waals surface area contributed by atoms with E-state index < -0.39 is 41.7 Å². The minimum Gasteiger partial charge on any atom is -0.459 e. The lowest BCUT2D eigenvalue weighted by Gasteiger charge is -2.30. The second-order valence-corrected chi connectivity index (χ2v) is 6.82. The molecule has 0 atom stereocenters. The molecule has 2 aliphatic rings. The van der Waals surface area contributed by atoms with Gasteiger partial charge >= 0.3 is 18.2 Å². The summed E-state index contributed by atoms with van der Waals surface area (Å²) in [6.07, 6.45) is -0.793. The van der Waals surface area contributed by atoms with Crippen molar-refractivity contribution in [2.75, 3.05) is 6.54 Å². The van der Waals surface area contributed by atoms with Crippen LogP contribution in [0.15, 0.2) is 24.3 Å². The number of hydrogen-bond acceptors (Lipinski definition) is 4. The molecule has 9 heteroatoms. The van der Waals surface area contributed by atoms with Crippen LogP contribution in [0.4, 0.5) is 18.0 Å². The van der Waals surface area contributed by atoms with E-state index in [0.29, 0.717) is 12.8 Å². The molecule has 0 aromatic heterocycles. The van der Waals surface area contributed by atoms with Gasteiger partial charge in [-0.05, 0) is 30.5 Å². The summed E-state index contributed by atoms with van der Waals surface area (Å²) in [6, 6.07) is 3.78. The zero-order chi connectivity index (χ0) is 19.7. The van der Waals surface area contributed by atoms with Gasteiger partial charge < -0.3 is 10.1 Å². The molecule has 1 aromatic rings. The van der Waals surface area contributed by atoms with E-state index in [4.69, 9.17) is 4.74 Å². The van der Waals surface area contributed by atoms with Crippen molar-refractivity contribution >= 4 is 17.9 Å². The molecule has 0 unspecified atom stereocenters. The summed E-state index contributed by atoms with van der Waals surface area (Å²) >= 11 is 0. The third kappa shape index (κ3) is 4.06. The number of alkyl halides is 3. The van der Waals surface area contributed by atoms with Gasteiger partial charge in [0.2, 0.25) is 0 Å². The molecule has 0 bridgehead atoms. The molecule has 3 rings (SSSR count). The maximum Gasteiger partial charge on any atom is 0.416 e. The van der Waals surface area contributed by atoms with E-state index in [1.165, 1.54) is 12.1 Å². The Morgan fingerprint density at radius 3 is 2.56 bits per heavy atom. The van der Waals surface area contributed by atoms with Crippen LogP contribution in [0.1, 0.15) is 43.2 Å². The molecular weight excluding hydrogens is 365 g/mol. The van der Waals surface area contributed by atoms with Crippen LogP contribution in [-0.4, -0.2) is 34.9 Å². The van der Waals surface area contributed by atoms with Gasteiger partial charge in [-0.15, -0.1) is 0 Å². The normalized spacial score (nSPS) is 19.3. The number of amides is 3. The fraction of sp³-hybridized carbons (Fsp3) is 0.500. The molecule has 27 heavy (non-hydrogen) atoms. The summed E-state index contributed by atoms with van der Waals surface area (Å²) < 4.78 is 43.1. The number of benzene rings is 1. The number of urea groups is 1. The van der Waals surface area contributed by atoms with Gasteiger partial charge in [-0.1, -0.05) is 31.4 Å². The first-order chi connectivity index (χ1) is 12.7. The Hall–Kier alpha value is -2.58. The number of carbonyl (C=O) groups excluding carboxylic acids is 3. The van der Waals surface area contributed by atoms with Crippen LogP contribution < -0.4 is 5.32 Å². The highest BCUT2D eigenvalue weighted by molar-refractivity contribution is 6.08. The maximum absolute atomic E-state index is 12.7. The van der Waals surface area contributed by atoms with E-state index in [1.54, 1.807) is 0 Å². The fourth-order valence-electron chi connectivity index (χ4n) is 3.49. The Kier molecular flexibility index (Phi) is 5.12. The van der Waals surface area contributed by atoms with Crippen LogP contribution >= 0.6 is 0 Å². The number of esters is 1.